The summed E-state index contributed by atoms with van der Waals surface area (Å²) in [7, 11) is 2.62. The molecule has 0 saturated carbocycles. The monoisotopic (exact) mass is 321 g/mol. The SMILES string of the molecule is COc1ccc(OC)c(C(CC(=O)C(F)(F)F)C[N+](=O)[O-])c1. The molecule has 1 unspecified atom stereocenters. The molecule has 0 bridgehead atoms. The van der Waals surface area contributed by atoms with Crippen molar-refractivity contribution >= 4 is 5.78 Å². The Bertz CT molecular complexity index is 559. The molecule has 0 saturated heterocycles. The molecule has 0 aromatic heterocycles. The standard InChI is InChI=1S/C13H14F3NO5/c1-21-9-3-4-11(22-2)10(6-9)8(7-17(19)20)5-12(18)13(14,15)16/h3-4,6,8H,5,7H2,1-2H3. The van der Waals surface area contributed by atoms with E-state index in [0.717, 1.165) is 0 Å². The third-order valence-corrected chi connectivity index (χ3v) is 2.99. The van der Waals surface area contributed by atoms with Crippen LogP contribution in [0, 0.1) is 10.1 Å². The maximum atomic E-state index is 12.4. The van der Waals surface area contributed by atoms with Crippen LogP contribution in [0.2, 0.25) is 0 Å². The Balaban J connectivity index is 3.21. The lowest BCUT2D eigenvalue weighted by Gasteiger charge is -2.17. The normalized spacial score (nSPS) is 12.6. The maximum absolute atomic E-state index is 12.4. The van der Waals surface area contributed by atoms with Crippen LogP contribution in [-0.4, -0.2) is 37.6 Å². The van der Waals surface area contributed by atoms with Crippen LogP contribution in [0.1, 0.15) is 17.9 Å². The second kappa shape index (κ2) is 7.10. The molecule has 22 heavy (non-hydrogen) atoms. The zero-order valence-electron chi connectivity index (χ0n) is 11.8. The molecule has 9 heteroatoms. The molecule has 1 atom stereocenters. The number of benzene rings is 1. The molecule has 0 radical (unpaired) electrons. The molecule has 1 rings (SSSR count). The Morgan fingerprint density at radius 2 is 1.95 bits per heavy atom. The van der Waals surface area contributed by atoms with Crippen LogP contribution in [0.4, 0.5) is 13.2 Å². The quantitative estimate of drug-likeness (QED) is 0.570. The maximum Gasteiger partial charge on any atom is 0.449 e. The molecule has 1 aromatic carbocycles. The first kappa shape index (κ1) is 17.7. The molecule has 0 amide bonds. The number of carbonyl (C=O) groups excluding carboxylic acids is 1. The zero-order valence-corrected chi connectivity index (χ0v) is 11.8. The summed E-state index contributed by atoms with van der Waals surface area (Å²) in [6.45, 7) is -0.828. The number of Topliss-reactive ketones (excluding diaryl/α,β-unsaturated/α-hetero) is 1. The Labute approximate surface area is 124 Å². The average Bonchev–Trinajstić information content (AvgIpc) is 2.44. The number of nitrogens with zero attached hydrogens (tertiary/aromatic N) is 1. The molecule has 0 spiro atoms. The molecule has 122 valence electrons. The lowest BCUT2D eigenvalue weighted by molar-refractivity contribution is -0.483. The second-order valence-electron chi connectivity index (χ2n) is 4.45. The van der Waals surface area contributed by atoms with Crippen molar-refractivity contribution < 1.29 is 32.4 Å². The van der Waals surface area contributed by atoms with Crippen LogP contribution >= 0.6 is 0 Å². The molecule has 0 aliphatic carbocycles. The molecule has 0 heterocycles. The number of hydrogen-bond acceptors (Lipinski definition) is 5. The van der Waals surface area contributed by atoms with Gasteiger partial charge in [0, 0.05) is 16.9 Å². The number of nitro groups is 1. The summed E-state index contributed by atoms with van der Waals surface area (Å²) in [6.07, 6.45) is -6.07. The van der Waals surface area contributed by atoms with Gasteiger partial charge in [-0.25, -0.2) is 0 Å². The van der Waals surface area contributed by atoms with E-state index in [2.05, 4.69) is 0 Å². The molecule has 0 aliphatic rings. The number of rotatable bonds is 7. The van der Waals surface area contributed by atoms with E-state index in [1.807, 2.05) is 0 Å². The lowest BCUT2D eigenvalue weighted by Crippen LogP contribution is -2.27. The van der Waals surface area contributed by atoms with E-state index in [4.69, 9.17) is 9.47 Å². The molecular formula is C13H14F3NO5. The van der Waals surface area contributed by atoms with E-state index < -0.39 is 35.8 Å². The van der Waals surface area contributed by atoms with Crippen molar-refractivity contribution in [3.63, 3.8) is 0 Å². The third kappa shape index (κ3) is 4.61. The first-order valence-electron chi connectivity index (χ1n) is 6.12. The molecule has 6 nitrogen and oxygen atoms in total. The van der Waals surface area contributed by atoms with Gasteiger partial charge < -0.3 is 9.47 Å². The number of ether oxygens (including phenoxy) is 2. The fraction of sp³-hybridized carbons (Fsp3) is 0.462. The first-order valence-corrected chi connectivity index (χ1v) is 6.12. The number of methoxy groups -OCH3 is 2. The predicted octanol–water partition coefficient (Wildman–Crippen LogP) is 2.59. The van der Waals surface area contributed by atoms with Gasteiger partial charge in [-0.3, -0.25) is 14.9 Å². The van der Waals surface area contributed by atoms with Gasteiger partial charge in [-0.15, -0.1) is 0 Å². The molecule has 0 aliphatic heterocycles. The van der Waals surface area contributed by atoms with Gasteiger partial charge in [0.15, 0.2) is 0 Å². The molecule has 0 N–H and O–H groups in total. The summed E-state index contributed by atoms with van der Waals surface area (Å²) in [5, 5.41) is 10.7. The van der Waals surface area contributed by atoms with E-state index in [0.29, 0.717) is 5.75 Å². The molecule has 0 fully saturated rings. The van der Waals surface area contributed by atoms with Gasteiger partial charge in [0.25, 0.3) is 0 Å². The van der Waals surface area contributed by atoms with Crippen molar-refractivity contribution in [1.29, 1.82) is 0 Å². The smallest absolute Gasteiger partial charge is 0.449 e. The van der Waals surface area contributed by atoms with E-state index >= 15 is 0 Å². The minimum Gasteiger partial charge on any atom is -0.497 e. The van der Waals surface area contributed by atoms with Crippen molar-refractivity contribution in [3.8, 4) is 11.5 Å². The number of halogens is 3. The van der Waals surface area contributed by atoms with E-state index in [-0.39, 0.29) is 11.3 Å². The van der Waals surface area contributed by atoms with Gasteiger partial charge in [0.2, 0.25) is 12.3 Å². The highest BCUT2D eigenvalue weighted by molar-refractivity contribution is 5.84. The highest BCUT2D eigenvalue weighted by atomic mass is 19.4. The lowest BCUT2D eigenvalue weighted by atomic mass is 9.92. The Morgan fingerprint density at radius 1 is 1.32 bits per heavy atom. The Hall–Kier alpha value is -2.32. The number of hydrogen-bond donors (Lipinski definition) is 0. The van der Waals surface area contributed by atoms with E-state index in [1.54, 1.807) is 0 Å². The van der Waals surface area contributed by atoms with Crippen molar-refractivity contribution in [2.75, 3.05) is 20.8 Å². The number of carbonyl (C=O) groups is 1. The molecule has 1 aromatic rings. The highest BCUT2D eigenvalue weighted by Gasteiger charge is 2.41. The van der Waals surface area contributed by atoms with Crippen molar-refractivity contribution in [3.05, 3.63) is 33.9 Å². The number of ketones is 1. The number of alkyl halides is 3. The summed E-state index contributed by atoms with van der Waals surface area (Å²) in [6, 6.07) is 4.24. The van der Waals surface area contributed by atoms with Crippen molar-refractivity contribution in [2.24, 2.45) is 0 Å². The third-order valence-electron chi connectivity index (χ3n) is 2.99. The Kier molecular flexibility index (Phi) is 5.72. The summed E-state index contributed by atoms with van der Waals surface area (Å²) in [4.78, 5) is 21.1. The largest absolute Gasteiger partial charge is 0.497 e. The predicted molar refractivity (Wildman–Crippen MR) is 69.8 cm³/mol. The van der Waals surface area contributed by atoms with Gasteiger partial charge in [0.05, 0.1) is 20.1 Å². The van der Waals surface area contributed by atoms with Gasteiger partial charge in [-0.1, -0.05) is 0 Å². The van der Waals surface area contributed by atoms with Gasteiger partial charge >= 0.3 is 6.18 Å². The van der Waals surface area contributed by atoms with Crippen LogP contribution in [0.3, 0.4) is 0 Å². The topological polar surface area (TPSA) is 78.7 Å². The van der Waals surface area contributed by atoms with Crippen LogP contribution in [0.15, 0.2) is 18.2 Å². The summed E-state index contributed by atoms with van der Waals surface area (Å²) < 4.78 is 47.2. The van der Waals surface area contributed by atoms with Crippen LogP contribution in [0.25, 0.3) is 0 Å². The Morgan fingerprint density at radius 3 is 2.41 bits per heavy atom. The van der Waals surface area contributed by atoms with Crippen LogP contribution in [0.5, 0.6) is 11.5 Å². The van der Waals surface area contributed by atoms with Crippen molar-refractivity contribution in [1.82, 2.24) is 0 Å². The van der Waals surface area contributed by atoms with E-state index in [9.17, 15) is 28.1 Å². The average molecular weight is 321 g/mol. The first-order chi connectivity index (χ1) is 10.2. The summed E-state index contributed by atoms with van der Waals surface area (Å²) in [5.74, 6) is -2.84. The zero-order chi connectivity index (χ0) is 16.9. The fourth-order valence-electron chi connectivity index (χ4n) is 1.95. The minimum atomic E-state index is -5.04. The van der Waals surface area contributed by atoms with Gasteiger partial charge in [0.1, 0.15) is 11.5 Å². The van der Waals surface area contributed by atoms with Crippen LogP contribution in [-0.2, 0) is 4.79 Å². The summed E-state index contributed by atoms with van der Waals surface area (Å²) in [5.41, 5.74) is 0.121. The second-order valence-corrected chi connectivity index (χ2v) is 4.45. The fourth-order valence-corrected chi connectivity index (χ4v) is 1.95. The van der Waals surface area contributed by atoms with Gasteiger partial charge in [-0.2, -0.15) is 13.2 Å². The van der Waals surface area contributed by atoms with E-state index in [1.165, 1.54) is 32.4 Å². The minimum absolute atomic E-state index is 0.121. The molecular weight excluding hydrogens is 307 g/mol. The summed E-state index contributed by atoms with van der Waals surface area (Å²) >= 11 is 0. The van der Waals surface area contributed by atoms with Crippen LogP contribution < -0.4 is 9.47 Å². The van der Waals surface area contributed by atoms with Crippen molar-refractivity contribution in [2.45, 2.75) is 18.5 Å². The van der Waals surface area contributed by atoms with Gasteiger partial charge in [-0.05, 0) is 18.2 Å². The highest BCUT2D eigenvalue weighted by Crippen LogP contribution is 2.34.